The fourth-order valence-electron chi connectivity index (χ4n) is 2.33. The number of amides is 1. The van der Waals surface area contributed by atoms with Gasteiger partial charge in [0.05, 0.1) is 21.7 Å². The van der Waals surface area contributed by atoms with Crippen molar-refractivity contribution in [2.45, 2.75) is 13.5 Å². The molecule has 10 heteroatoms. The van der Waals surface area contributed by atoms with Crippen molar-refractivity contribution in [3.63, 3.8) is 0 Å². The van der Waals surface area contributed by atoms with Gasteiger partial charge in [0.25, 0.3) is 5.91 Å². The number of fused-ring (bicyclic) bond motifs is 1. The largest absolute Gasteiger partial charge is 0.380 e. The monoisotopic (exact) mass is 411 g/mol. The minimum atomic E-state index is -0.523. The lowest BCUT2D eigenvalue weighted by Crippen LogP contribution is -2.19. The smallest absolute Gasteiger partial charge is 0.324 e. The SMILES string of the molecule is CCOCCn1c(=NC(=O)c2ccc([N+](=O)[O-])s2)sc2cc(Cl)ccc21. The zero-order chi connectivity index (χ0) is 18.7. The van der Waals surface area contributed by atoms with E-state index in [-0.39, 0.29) is 9.88 Å². The van der Waals surface area contributed by atoms with Crippen LogP contribution >= 0.6 is 34.3 Å². The van der Waals surface area contributed by atoms with E-state index < -0.39 is 10.8 Å². The Bertz CT molecular complexity index is 1040. The van der Waals surface area contributed by atoms with Crippen LogP contribution in [0, 0.1) is 10.1 Å². The molecule has 0 saturated carbocycles. The third-order valence-corrected chi connectivity index (χ3v) is 5.79. The maximum Gasteiger partial charge on any atom is 0.324 e. The second kappa shape index (κ2) is 8.09. The first-order valence-corrected chi connectivity index (χ1v) is 9.70. The summed E-state index contributed by atoms with van der Waals surface area (Å²) in [6, 6.07) is 8.20. The average Bonchev–Trinajstić information content (AvgIpc) is 3.20. The van der Waals surface area contributed by atoms with Crippen molar-refractivity contribution in [3.05, 3.63) is 55.1 Å². The Balaban J connectivity index is 2.03. The maximum absolute atomic E-state index is 12.4. The molecule has 3 rings (SSSR count). The van der Waals surface area contributed by atoms with Gasteiger partial charge in [0, 0.05) is 24.2 Å². The van der Waals surface area contributed by atoms with E-state index in [0.29, 0.717) is 29.6 Å². The zero-order valence-electron chi connectivity index (χ0n) is 13.7. The summed E-state index contributed by atoms with van der Waals surface area (Å²) in [6.45, 7) is 3.52. The van der Waals surface area contributed by atoms with Gasteiger partial charge in [-0.1, -0.05) is 34.3 Å². The number of rotatable bonds is 6. The third-order valence-electron chi connectivity index (χ3n) is 3.49. The van der Waals surface area contributed by atoms with Gasteiger partial charge >= 0.3 is 5.00 Å². The van der Waals surface area contributed by atoms with Crippen LogP contribution in [0.3, 0.4) is 0 Å². The summed E-state index contributed by atoms with van der Waals surface area (Å²) in [5, 5.41) is 11.3. The second-order valence-electron chi connectivity index (χ2n) is 5.16. The number of carbonyl (C=O) groups is 1. The van der Waals surface area contributed by atoms with E-state index in [1.165, 1.54) is 23.5 Å². The molecule has 1 amide bonds. The summed E-state index contributed by atoms with van der Waals surface area (Å²) in [5.41, 5.74) is 0.905. The molecule has 7 nitrogen and oxygen atoms in total. The summed E-state index contributed by atoms with van der Waals surface area (Å²) in [5.74, 6) is -0.508. The van der Waals surface area contributed by atoms with E-state index in [0.717, 1.165) is 21.6 Å². The number of thiophene rings is 1. The predicted molar refractivity (Wildman–Crippen MR) is 102 cm³/mol. The molecular formula is C16H14ClN3O4S2. The molecule has 0 spiro atoms. The summed E-state index contributed by atoms with van der Waals surface area (Å²) >= 11 is 8.20. The van der Waals surface area contributed by atoms with Crippen molar-refractivity contribution in [3.8, 4) is 0 Å². The van der Waals surface area contributed by atoms with Gasteiger partial charge in [-0.25, -0.2) is 0 Å². The van der Waals surface area contributed by atoms with Gasteiger partial charge in [-0.2, -0.15) is 4.99 Å². The summed E-state index contributed by atoms with van der Waals surface area (Å²) in [6.07, 6.45) is 0. The Morgan fingerprint density at radius 3 is 2.85 bits per heavy atom. The van der Waals surface area contributed by atoms with E-state index in [1.807, 2.05) is 23.6 Å². The molecule has 0 saturated heterocycles. The lowest BCUT2D eigenvalue weighted by molar-refractivity contribution is -0.380. The fourth-order valence-corrected chi connectivity index (χ4v) is 4.37. The molecule has 0 N–H and O–H groups in total. The Morgan fingerprint density at radius 2 is 2.15 bits per heavy atom. The normalized spacial score (nSPS) is 12.0. The Morgan fingerprint density at radius 1 is 1.35 bits per heavy atom. The van der Waals surface area contributed by atoms with Gasteiger partial charge in [0.1, 0.15) is 4.88 Å². The molecule has 0 bridgehead atoms. The van der Waals surface area contributed by atoms with Crippen LogP contribution in [0.1, 0.15) is 16.6 Å². The third kappa shape index (κ3) is 4.01. The van der Waals surface area contributed by atoms with Crippen LogP contribution < -0.4 is 4.80 Å². The molecule has 2 heterocycles. The zero-order valence-corrected chi connectivity index (χ0v) is 16.1. The van der Waals surface area contributed by atoms with Gasteiger partial charge < -0.3 is 9.30 Å². The fraction of sp³-hybridized carbons (Fsp3) is 0.250. The van der Waals surface area contributed by atoms with Crippen molar-refractivity contribution in [2.75, 3.05) is 13.2 Å². The number of halogens is 1. The van der Waals surface area contributed by atoms with Gasteiger partial charge in [-0.3, -0.25) is 14.9 Å². The predicted octanol–water partition coefficient (Wildman–Crippen LogP) is 4.10. The highest BCUT2D eigenvalue weighted by Gasteiger charge is 2.16. The molecule has 0 fully saturated rings. The van der Waals surface area contributed by atoms with Crippen LogP contribution in [0.5, 0.6) is 0 Å². The summed E-state index contributed by atoms with van der Waals surface area (Å²) in [4.78, 5) is 27.6. The highest BCUT2D eigenvalue weighted by Crippen LogP contribution is 2.25. The van der Waals surface area contributed by atoms with Gasteiger partial charge in [0.15, 0.2) is 4.80 Å². The molecule has 0 aliphatic rings. The van der Waals surface area contributed by atoms with Crippen LogP contribution in [0.15, 0.2) is 35.3 Å². The highest BCUT2D eigenvalue weighted by atomic mass is 35.5. The Labute approximate surface area is 161 Å². The number of carbonyl (C=O) groups excluding carboxylic acids is 1. The van der Waals surface area contributed by atoms with E-state index in [2.05, 4.69) is 4.99 Å². The standard InChI is InChI=1S/C16H14ClN3O4S2/c1-2-24-8-7-19-11-4-3-10(17)9-13(11)26-16(19)18-15(21)12-5-6-14(25-12)20(22)23/h3-6,9H,2,7-8H2,1H3. The van der Waals surface area contributed by atoms with E-state index in [4.69, 9.17) is 16.3 Å². The van der Waals surface area contributed by atoms with E-state index in [1.54, 1.807) is 6.07 Å². The maximum atomic E-state index is 12.4. The molecule has 0 unspecified atom stereocenters. The van der Waals surface area contributed by atoms with Crippen molar-refractivity contribution in [1.29, 1.82) is 0 Å². The molecule has 3 aromatic rings. The molecule has 136 valence electrons. The minimum absolute atomic E-state index is 0.0871. The number of thiazole rings is 1. The molecule has 26 heavy (non-hydrogen) atoms. The van der Waals surface area contributed by atoms with E-state index >= 15 is 0 Å². The molecule has 0 atom stereocenters. The number of nitrogens with zero attached hydrogens (tertiary/aromatic N) is 3. The number of benzene rings is 1. The number of ether oxygens (including phenoxy) is 1. The van der Waals surface area contributed by atoms with Crippen LogP contribution in [0.25, 0.3) is 10.2 Å². The Kier molecular flexibility index (Phi) is 5.82. The summed E-state index contributed by atoms with van der Waals surface area (Å²) < 4.78 is 8.21. The molecule has 1 aromatic carbocycles. The van der Waals surface area contributed by atoms with Crippen molar-refractivity contribution < 1.29 is 14.5 Å². The quantitative estimate of drug-likeness (QED) is 0.347. The first-order valence-electron chi connectivity index (χ1n) is 7.69. The summed E-state index contributed by atoms with van der Waals surface area (Å²) in [7, 11) is 0. The Hall–Kier alpha value is -2.07. The number of aromatic nitrogens is 1. The molecule has 0 aliphatic carbocycles. The van der Waals surface area contributed by atoms with E-state index in [9.17, 15) is 14.9 Å². The molecule has 0 aliphatic heterocycles. The average molecular weight is 412 g/mol. The molecule has 2 aromatic heterocycles. The second-order valence-corrected chi connectivity index (χ2v) is 7.66. The highest BCUT2D eigenvalue weighted by molar-refractivity contribution is 7.17. The minimum Gasteiger partial charge on any atom is -0.380 e. The first kappa shape index (κ1) is 18.7. The first-order chi connectivity index (χ1) is 12.5. The van der Waals surface area contributed by atoms with Crippen molar-refractivity contribution in [1.82, 2.24) is 4.57 Å². The van der Waals surface area contributed by atoms with Gasteiger partial charge in [-0.05, 0) is 31.2 Å². The molecule has 0 radical (unpaired) electrons. The lowest BCUT2D eigenvalue weighted by Gasteiger charge is -2.05. The van der Waals surface area contributed by atoms with Gasteiger partial charge in [-0.15, -0.1) is 0 Å². The van der Waals surface area contributed by atoms with Gasteiger partial charge in [0.2, 0.25) is 0 Å². The van der Waals surface area contributed by atoms with Crippen LogP contribution in [-0.2, 0) is 11.3 Å². The number of nitro groups is 1. The number of hydrogen-bond acceptors (Lipinski definition) is 6. The molecular weight excluding hydrogens is 398 g/mol. The lowest BCUT2D eigenvalue weighted by atomic mass is 10.3. The van der Waals surface area contributed by atoms with Crippen molar-refractivity contribution >= 4 is 55.4 Å². The van der Waals surface area contributed by atoms with Crippen LogP contribution in [0.4, 0.5) is 5.00 Å². The van der Waals surface area contributed by atoms with Crippen LogP contribution in [-0.4, -0.2) is 28.6 Å². The topological polar surface area (TPSA) is 86.7 Å². The van der Waals surface area contributed by atoms with Crippen molar-refractivity contribution in [2.24, 2.45) is 4.99 Å². The number of hydrogen-bond donors (Lipinski definition) is 0. The van der Waals surface area contributed by atoms with Crippen LogP contribution in [0.2, 0.25) is 5.02 Å².